The van der Waals surface area contributed by atoms with Crippen LogP contribution < -0.4 is 26.6 Å². The van der Waals surface area contributed by atoms with E-state index in [9.17, 15) is 39.0 Å². The van der Waals surface area contributed by atoms with Crippen LogP contribution in [-0.2, 0) is 28.8 Å². The van der Waals surface area contributed by atoms with Gasteiger partial charge in [-0.25, -0.2) is 0 Å². The number of carboxylic acids is 1. The van der Waals surface area contributed by atoms with Crippen molar-refractivity contribution in [2.75, 3.05) is 0 Å². The zero-order chi connectivity index (χ0) is 37.5. The van der Waals surface area contributed by atoms with Gasteiger partial charge in [-0.1, -0.05) is 69.2 Å². The predicted octanol–water partition coefficient (Wildman–Crippen LogP) is 0.819. The Labute approximate surface area is 314 Å². The van der Waals surface area contributed by atoms with Crippen LogP contribution in [0.25, 0.3) is 0 Å². The quantitative estimate of drug-likeness (QED) is 0.0745. The maximum atomic E-state index is 13.5. The van der Waals surface area contributed by atoms with E-state index in [0.29, 0.717) is 12.8 Å². The van der Waals surface area contributed by atoms with E-state index >= 15 is 0 Å². The van der Waals surface area contributed by atoms with Gasteiger partial charge in [0, 0.05) is 6.42 Å². The van der Waals surface area contributed by atoms with Crippen LogP contribution in [0, 0.1) is 29.6 Å². The second-order valence-corrected chi connectivity index (χ2v) is 14.8. The molecule has 0 heterocycles. The summed E-state index contributed by atoms with van der Waals surface area (Å²) in [4.78, 5) is 75.9. The van der Waals surface area contributed by atoms with Crippen LogP contribution in [0.2, 0.25) is 0 Å². The van der Waals surface area contributed by atoms with Gasteiger partial charge in [-0.3, -0.25) is 28.8 Å². The van der Waals surface area contributed by atoms with Crippen molar-refractivity contribution < 1.29 is 44.1 Å². The number of carbonyl (C=O) groups is 6. The van der Waals surface area contributed by atoms with Crippen LogP contribution >= 0.6 is 0 Å². The Morgan fingerprint density at radius 3 is 1.29 bits per heavy atom. The molecule has 0 aromatic rings. The number of aliphatic hydroxyl groups excluding tert-OH is 2. The molecular formula is C34H64N5NaO9. The summed E-state index contributed by atoms with van der Waals surface area (Å²) in [5.74, 6) is -4.25. The van der Waals surface area contributed by atoms with Gasteiger partial charge >= 0.3 is 35.5 Å². The van der Waals surface area contributed by atoms with E-state index in [0.717, 1.165) is 0 Å². The fraction of sp³-hybridized carbons (Fsp3) is 0.824. The molecule has 0 aromatic carbocycles. The molecule has 0 aromatic heterocycles. The SMILES string of the molecule is CC(C)CC(=O)N[C@H](C(=O)N[C@H](C(=O)N[C@@H](CC(C)C)[C@@H](O)CC(=O)N[C@@H](C)C(=O)N[C@@H](CC(C)C)[C@@H](O)CC(=O)O)C(C)C)C(C)C.[NaH]. The molecule has 0 rings (SSSR count). The number of rotatable bonds is 22. The van der Waals surface area contributed by atoms with Gasteiger partial charge in [-0.15, -0.1) is 0 Å². The van der Waals surface area contributed by atoms with Gasteiger partial charge in [-0.05, 0) is 49.4 Å². The molecule has 0 fully saturated rings. The summed E-state index contributed by atoms with van der Waals surface area (Å²) in [5.41, 5.74) is 0. The number of nitrogens with one attached hydrogen (secondary N) is 5. The van der Waals surface area contributed by atoms with Crippen LogP contribution in [0.4, 0.5) is 0 Å². The van der Waals surface area contributed by atoms with Crippen LogP contribution in [-0.4, -0.2) is 123 Å². The van der Waals surface area contributed by atoms with Crippen molar-refractivity contribution in [3.05, 3.63) is 0 Å². The average Bonchev–Trinajstić information content (AvgIpc) is 2.91. The summed E-state index contributed by atoms with van der Waals surface area (Å²) in [5, 5.41) is 43.9. The molecule has 0 spiro atoms. The third-order valence-electron chi connectivity index (χ3n) is 7.69. The second-order valence-electron chi connectivity index (χ2n) is 14.8. The van der Waals surface area contributed by atoms with E-state index in [1.807, 2.05) is 41.5 Å². The number of aliphatic carboxylic acids is 1. The molecule has 0 bridgehead atoms. The number of hydrogen-bond acceptors (Lipinski definition) is 8. The predicted molar refractivity (Wildman–Crippen MR) is 189 cm³/mol. The Bertz CT molecular complexity index is 1070. The fourth-order valence-electron chi connectivity index (χ4n) is 5.16. The zero-order valence-corrected chi connectivity index (χ0v) is 30.8. The minimum atomic E-state index is -1.33. The molecule has 14 nitrogen and oxygen atoms in total. The molecule has 5 amide bonds. The van der Waals surface area contributed by atoms with Crippen molar-refractivity contribution in [3.8, 4) is 0 Å². The van der Waals surface area contributed by atoms with Gasteiger partial charge in [0.15, 0.2) is 0 Å². The number of carboxylic acid groups (broad SMARTS) is 1. The summed E-state index contributed by atoms with van der Waals surface area (Å²) in [6.45, 7) is 19.8. The maximum absolute atomic E-state index is 13.5. The number of carbonyl (C=O) groups excluding carboxylic acids is 5. The van der Waals surface area contributed by atoms with E-state index in [-0.39, 0.29) is 71.5 Å². The first kappa shape index (κ1) is 48.9. The molecule has 280 valence electrons. The molecule has 0 saturated carbocycles. The Kier molecular flexibility index (Phi) is 23.9. The van der Waals surface area contributed by atoms with Gasteiger partial charge in [0.2, 0.25) is 29.5 Å². The van der Waals surface area contributed by atoms with E-state index in [2.05, 4.69) is 26.6 Å². The van der Waals surface area contributed by atoms with Crippen molar-refractivity contribution in [2.24, 2.45) is 29.6 Å². The zero-order valence-electron chi connectivity index (χ0n) is 30.8. The Morgan fingerprint density at radius 1 is 0.490 bits per heavy atom. The number of aliphatic hydroxyl groups is 2. The molecule has 0 aliphatic rings. The van der Waals surface area contributed by atoms with E-state index in [4.69, 9.17) is 5.11 Å². The molecule has 0 radical (unpaired) electrons. The summed E-state index contributed by atoms with van der Waals surface area (Å²) in [6, 6.07) is -4.61. The molecular weight excluding hydrogens is 645 g/mol. The number of amides is 5. The Morgan fingerprint density at radius 2 is 0.878 bits per heavy atom. The normalized spacial score (nSPS) is 15.8. The standard InChI is InChI=1S/C34H63N5O9.Na.H/c1-17(2)12-23(37-33(47)31(21(9)10)39-34(48)30(20(7)8)38-27(42)14-19(5)6)25(40)15-28(43)35-22(11)32(46)36-24(13-18(3)4)26(41)16-29(44)45;;/h17-26,30-31,40-41H,12-16H2,1-11H3,(H,35,43)(H,36,46)(H,37,47)(H,38,42)(H,39,48)(H,44,45);;/t22-,23-,24-,25-,26-,30-,31-;;/m0../s1. The summed E-state index contributed by atoms with van der Waals surface area (Å²) < 4.78 is 0. The van der Waals surface area contributed by atoms with E-state index in [1.165, 1.54) is 6.92 Å². The van der Waals surface area contributed by atoms with Gasteiger partial charge in [0.05, 0.1) is 37.1 Å². The number of hydrogen-bond donors (Lipinski definition) is 8. The molecule has 0 saturated heterocycles. The molecule has 8 N–H and O–H groups in total. The first-order valence-electron chi connectivity index (χ1n) is 17.1. The molecule has 15 heteroatoms. The third-order valence-corrected chi connectivity index (χ3v) is 7.69. The summed E-state index contributed by atoms with van der Waals surface area (Å²) in [6.07, 6.45) is -2.76. The van der Waals surface area contributed by atoms with Crippen LogP contribution in [0.3, 0.4) is 0 Å². The fourth-order valence-corrected chi connectivity index (χ4v) is 5.16. The first-order chi connectivity index (χ1) is 22.0. The molecule has 0 unspecified atom stereocenters. The average molecular weight is 710 g/mol. The van der Waals surface area contributed by atoms with Crippen molar-refractivity contribution in [3.63, 3.8) is 0 Å². The monoisotopic (exact) mass is 709 g/mol. The van der Waals surface area contributed by atoms with Crippen LogP contribution in [0.5, 0.6) is 0 Å². The molecule has 0 aliphatic carbocycles. The van der Waals surface area contributed by atoms with Crippen molar-refractivity contribution >= 4 is 65.1 Å². The van der Waals surface area contributed by atoms with Gasteiger partial charge in [0.25, 0.3) is 0 Å². The van der Waals surface area contributed by atoms with Crippen LogP contribution in [0.15, 0.2) is 0 Å². The molecule has 0 aliphatic heterocycles. The topological polar surface area (TPSA) is 223 Å². The summed E-state index contributed by atoms with van der Waals surface area (Å²) in [7, 11) is 0. The third kappa shape index (κ3) is 20.2. The minimum absolute atomic E-state index is 0. The van der Waals surface area contributed by atoms with Gasteiger partial charge < -0.3 is 41.9 Å². The van der Waals surface area contributed by atoms with Crippen molar-refractivity contribution in [1.82, 2.24) is 26.6 Å². The summed E-state index contributed by atoms with van der Waals surface area (Å²) >= 11 is 0. The van der Waals surface area contributed by atoms with Gasteiger partial charge in [-0.2, -0.15) is 0 Å². The van der Waals surface area contributed by atoms with Crippen molar-refractivity contribution in [2.45, 2.75) is 151 Å². The second kappa shape index (κ2) is 24.0. The van der Waals surface area contributed by atoms with E-state index in [1.54, 1.807) is 27.7 Å². The Hall–Kier alpha value is -2.26. The van der Waals surface area contributed by atoms with Gasteiger partial charge in [0.1, 0.15) is 18.1 Å². The molecule has 7 atom stereocenters. The van der Waals surface area contributed by atoms with Crippen molar-refractivity contribution in [1.29, 1.82) is 0 Å². The molecule has 49 heavy (non-hydrogen) atoms. The Balaban J connectivity index is 0. The first-order valence-corrected chi connectivity index (χ1v) is 17.1. The van der Waals surface area contributed by atoms with Crippen LogP contribution in [0.1, 0.15) is 108 Å². The van der Waals surface area contributed by atoms with E-state index < -0.39 is 84.9 Å².